The zero-order valence-electron chi connectivity index (χ0n) is 23.2. The van der Waals surface area contributed by atoms with Gasteiger partial charge in [0.2, 0.25) is 5.91 Å². The SMILES string of the molecule is CCCCC(C(=O)NCc1ccccc1)N(C(=O)c1ccc(-n2nc(C(=O)O)c3csc(N)c3c2=O)cc1)C(C)C. The second kappa shape index (κ2) is 12.8. The van der Waals surface area contributed by atoms with Crippen LogP contribution in [0.15, 0.2) is 64.8 Å². The van der Waals surface area contributed by atoms with Crippen molar-refractivity contribution in [3.63, 3.8) is 0 Å². The fourth-order valence-corrected chi connectivity index (χ4v) is 5.52. The molecule has 2 aromatic carbocycles. The molecule has 10 nitrogen and oxygen atoms in total. The number of hydrogen-bond donors (Lipinski definition) is 3. The zero-order chi connectivity index (χ0) is 29.7. The first-order valence-electron chi connectivity index (χ1n) is 13.4. The zero-order valence-corrected chi connectivity index (χ0v) is 24.0. The summed E-state index contributed by atoms with van der Waals surface area (Å²) in [5.41, 5.74) is 6.68. The number of carbonyl (C=O) groups excluding carboxylic acids is 2. The second-order valence-corrected chi connectivity index (χ2v) is 10.9. The number of aromatic nitrogens is 2. The summed E-state index contributed by atoms with van der Waals surface area (Å²) >= 11 is 1.07. The number of carboxylic acid groups (broad SMARTS) is 1. The minimum atomic E-state index is -1.29. The largest absolute Gasteiger partial charge is 0.476 e. The van der Waals surface area contributed by atoms with Crippen molar-refractivity contribution in [1.82, 2.24) is 20.0 Å². The third kappa shape index (κ3) is 6.30. The Morgan fingerprint density at radius 1 is 1.10 bits per heavy atom. The van der Waals surface area contributed by atoms with Crippen molar-refractivity contribution in [3.8, 4) is 5.69 Å². The van der Waals surface area contributed by atoms with Gasteiger partial charge >= 0.3 is 5.97 Å². The molecule has 214 valence electrons. The Morgan fingerprint density at radius 2 is 1.78 bits per heavy atom. The van der Waals surface area contributed by atoms with Crippen LogP contribution in [0.3, 0.4) is 0 Å². The van der Waals surface area contributed by atoms with E-state index in [2.05, 4.69) is 10.4 Å². The van der Waals surface area contributed by atoms with Crippen molar-refractivity contribution >= 4 is 44.9 Å². The third-order valence-electron chi connectivity index (χ3n) is 6.81. The lowest BCUT2D eigenvalue weighted by Gasteiger charge is -2.34. The maximum Gasteiger partial charge on any atom is 0.357 e. The van der Waals surface area contributed by atoms with Crippen LogP contribution in [0.2, 0.25) is 0 Å². The summed E-state index contributed by atoms with van der Waals surface area (Å²) in [6.07, 6.45) is 2.16. The number of amides is 2. The number of nitrogen functional groups attached to an aromatic ring is 1. The van der Waals surface area contributed by atoms with E-state index in [1.165, 1.54) is 17.5 Å². The summed E-state index contributed by atoms with van der Waals surface area (Å²) in [6.45, 7) is 6.13. The maximum absolute atomic E-state index is 13.8. The molecule has 4 aromatic rings. The first-order chi connectivity index (χ1) is 19.6. The van der Waals surface area contributed by atoms with Gasteiger partial charge in [-0.25, -0.2) is 4.79 Å². The molecule has 0 saturated carbocycles. The number of rotatable bonds is 11. The number of hydrogen-bond acceptors (Lipinski definition) is 7. The number of carbonyl (C=O) groups is 3. The number of fused-ring (bicyclic) bond motifs is 1. The predicted molar refractivity (Wildman–Crippen MR) is 159 cm³/mol. The number of thiophene rings is 1. The van der Waals surface area contributed by atoms with E-state index in [0.29, 0.717) is 18.5 Å². The summed E-state index contributed by atoms with van der Waals surface area (Å²) in [7, 11) is 0. The van der Waals surface area contributed by atoms with Crippen molar-refractivity contribution in [2.45, 2.75) is 58.7 Å². The van der Waals surface area contributed by atoms with Gasteiger partial charge in [-0.2, -0.15) is 9.78 Å². The molecule has 4 rings (SSSR count). The highest BCUT2D eigenvalue weighted by Gasteiger charge is 2.32. The molecule has 0 spiro atoms. The van der Waals surface area contributed by atoms with E-state index < -0.39 is 17.6 Å². The van der Waals surface area contributed by atoms with E-state index >= 15 is 0 Å². The highest BCUT2D eigenvalue weighted by Crippen LogP contribution is 2.27. The van der Waals surface area contributed by atoms with Gasteiger partial charge in [0, 0.05) is 28.9 Å². The Bertz CT molecular complexity index is 1610. The van der Waals surface area contributed by atoms with Crippen LogP contribution >= 0.6 is 11.3 Å². The smallest absolute Gasteiger partial charge is 0.357 e. The molecule has 0 aliphatic heterocycles. The monoisotopic (exact) mass is 575 g/mol. The molecule has 0 saturated heterocycles. The Kier molecular flexibility index (Phi) is 9.18. The summed E-state index contributed by atoms with van der Waals surface area (Å²) < 4.78 is 0.977. The van der Waals surface area contributed by atoms with E-state index in [1.807, 2.05) is 51.1 Å². The van der Waals surface area contributed by atoms with Gasteiger partial charge in [0.25, 0.3) is 11.5 Å². The minimum absolute atomic E-state index is 0.0915. The molecule has 0 aliphatic rings. The van der Waals surface area contributed by atoms with E-state index in [0.717, 1.165) is 34.4 Å². The van der Waals surface area contributed by atoms with Crippen LogP contribution < -0.4 is 16.6 Å². The molecule has 0 aliphatic carbocycles. The second-order valence-electron chi connectivity index (χ2n) is 9.97. The van der Waals surface area contributed by atoms with Gasteiger partial charge in [0.1, 0.15) is 6.04 Å². The van der Waals surface area contributed by atoms with Crippen molar-refractivity contribution < 1.29 is 19.5 Å². The predicted octanol–water partition coefficient (Wildman–Crippen LogP) is 4.45. The quantitative estimate of drug-likeness (QED) is 0.239. The fraction of sp³-hybridized carbons (Fsp3) is 0.300. The molecular weight excluding hydrogens is 542 g/mol. The van der Waals surface area contributed by atoms with Gasteiger partial charge in [-0.3, -0.25) is 14.4 Å². The molecule has 0 radical (unpaired) electrons. The van der Waals surface area contributed by atoms with Crippen molar-refractivity contribution in [2.75, 3.05) is 5.73 Å². The molecule has 1 atom stereocenters. The lowest BCUT2D eigenvalue weighted by atomic mass is 10.0. The molecule has 0 fully saturated rings. The van der Waals surface area contributed by atoms with Crippen LogP contribution in [0.5, 0.6) is 0 Å². The van der Waals surface area contributed by atoms with E-state index in [1.54, 1.807) is 17.0 Å². The van der Waals surface area contributed by atoms with Gasteiger partial charge in [-0.05, 0) is 50.1 Å². The standard InChI is InChI=1S/C30H33N5O5S/c1-4-5-11-23(27(36)32-16-19-9-7-6-8-10-19)34(18(2)3)28(37)20-12-14-21(15-13-20)35-29(38)24-22(17-41-26(24)31)25(33-35)30(39)40/h6-10,12-15,17-18,23H,4-5,11,16,31H2,1-3H3,(H,32,36)(H,39,40). The number of aromatic carboxylic acids is 1. The Balaban J connectivity index is 1.64. The van der Waals surface area contributed by atoms with Gasteiger partial charge < -0.3 is 21.1 Å². The Labute approximate surface area is 241 Å². The third-order valence-corrected chi connectivity index (χ3v) is 7.62. The average Bonchev–Trinajstić information content (AvgIpc) is 3.36. The maximum atomic E-state index is 13.8. The van der Waals surface area contributed by atoms with E-state index in [-0.39, 0.29) is 45.0 Å². The summed E-state index contributed by atoms with van der Waals surface area (Å²) in [5.74, 6) is -1.84. The number of benzene rings is 2. The van der Waals surface area contributed by atoms with Gasteiger partial charge in [0.05, 0.1) is 16.1 Å². The number of unbranched alkanes of at least 4 members (excludes halogenated alkanes) is 1. The van der Waals surface area contributed by atoms with Gasteiger partial charge in [-0.1, -0.05) is 50.1 Å². The van der Waals surface area contributed by atoms with Crippen molar-refractivity contribution in [3.05, 3.63) is 87.2 Å². The molecule has 2 amide bonds. The molecule has 0 bridgehead atoms. The van der Waals surface area contributed by atoms with Gasteiger partial charge in [0.15, 0.2) is 5.69 Å². The molecule has 11 heteroatoms. The first-order valence-corrected chi connectivity index (χ1v) is 14.3. The van der Waals surface area contributed by atoms with Crippen LogP contribution in [0.4, 0.5) is 5.00 Å². The van der Waals surface area contributed by atoms with Crippen LogP contribution in [-0.2, 0) is 11.3 Å². The van der Waals surface area contributed by atoms with Crippen LogP contribution in [0.1, 0.15) is 66.4 Å². The minimum Gasteiger partial charge on any atom is -0.476 e. The molecule has 2 heterocycles. The Morgan fingerprint density at radius 3 is 2.39 bits per heavy atom. The number of nitrogens with two attached hydrogens (primary N) is 1. The normalized spacial score (nSPS) is 11.9. The van der Waals surface area contributed by atoms with E-state index in [9.17, 15) is 24.3 Å². The molecule has 41 heavy (non-hydrogen) atoms. The summed E-state index contributed by atoms with van der Waals surface area (Å²) in [4.78, 5) is 53.7. The first kappa shape index (κ1) is 29.5. The fourth-order valence-electron chi connectivity index (χ4n) is 4.73. The molecule has 2 aromatic heterocycles. The average molecular weight is 576 g/mol. The summed E-state index contributed by atoms with van der Waals surface area (Å²) in [5, 5.41) is 18.7. The Hall–Kier alpha value is -4.51. The number of carboxylic acids is 1. The van der Waals surface area contributed by atoms with Crippen LogP contribution in [0, 0.1) is 0 Å². The van der Waals surface area contributed by atoms with Crippen molar-refractivity contribution in [1.29, 1.82) is 0 Å². The topological polar surface area (TPSA) is 148 Å². The molecule has 4 N–H and O–H groups in total. The number of nitrogens with zero attached hydrogens (tertiary/aromatic N) is 3. The van der Waals surface area contributed by atoms with Crippen LogP contribution in [0.25, 0.3) is 16.5 Å². The molecular formula is C30H33N5O5S. The van der Waals surface area contributed by atoms with Gasteiger partial charge in [-0.15, -0.1) is 11.3 Å². The highest BCUT2D eigenvalue weighted by atomic mass is 32.1. The lowest BCUT2D eigenvalue weighted by Crippen LogP contribution is -2.52. The molecule has 1 unspecified atom stereocenters. The highest BCUT2D eigenvalue weighted by molar-refractivity contribution is 7.15. The summed E-state index contributed by atoms with van der Waals surface area (Å²) in [6, 6.07) is 14.8. The number of anilines is 1. The van der Waals surface area contributed by atoms with Crippen molar-refractivity contribution in [2.24, 2.45) is 0 Å². The van der Waals surface area contributed by atoms with Crippen LogP contribution in [-0.4, -0.2) is 49.7 Å². The van der Waals surface area contributed by atoms with E-state index in [4.69, 9.17) is 5.73 Å². The lowest BCUT2D eigenvalue weighted by molar-refractivity contribution is -0.126. The number of nitrogens with one attached hydrogen (secondary N) is 1.